The molecule has 0 radical (unpaired) electrons. The van der Waals surface area contributed by atoms with Crippen LogP contribution in [0.4, 0.5) is 15.8 Å². The summed E-state index contributed by atoms with van der Waals surface area (Å²) in [6.07, 6.45) is 1.00. The van der Waals surface area contributed by atoms with Gasteiger partial charge in [0.15, 0.2) is 0 Å². The summed E-state index contributed by atoms with van der Waals surface area (Å²) in [6, 6.07) is 12.9. The van der Waals surface area contributed by atoms with Crippen molar-refractivity contribution >= 4 is 27.5 Å². The van der Waals surface area contributed by atoms with Gasteiger partial charge in [-0.05, 0) is 37.1 Å². The lowest BCUT2D eigenvalue weighted by molar-refractivity contribution is 0.0711. The molecule has 2 heterocycles. The molecule has 1 amide bonds. The number of hydrogen-bond acceptors (Lipinski definition) is 3. The predicted octanol–water partition coefficient (Wildman–Crippen LogP) is 2.63. The number of carbonyl (C=O) groups is 1. The first-order valence-corrected chi connectivity index (χ1v) is 10.2. The minimum Gasteiger partial charge on any atom is -0.338 e. The van der Waals surface area contributed by atoms with Gasteiger partial charge in [-0.2, -0.15) is 8.42 Å². The summed E-state index contributed by atoms with van der Waals surface area (Å²) in [6.45, 7) is 0.769. The largest absolute Gasteiger partial charge is 0.338 e. The Hall–Kier alpha value is -2.61. The molecule has 2 aromatic carbocycles. The summed E-state index contributed by atoms with van der Waals surface area (Å²) >= 11 is 0. The van der Waals surface area contributed by atoms with Crippen molar-refractivity contribution in [3.8, 4) is 0 Å². The van der Waals surface area contributed by atoms with E-state index in [2.05, 4.69) is 0 Å². The Morgan fingerprint density at radius 3 is 2.26 bits per heavy atom. The molecule has 0 atom stereocenters. The molecule has 0 saturated carbocycles. The first-order valence-electron chi connectivity index (χ1n) is 8.82. The minimum atomic E-state index is -3.62. The second kappa shape index (κ2) is 6.53. The smallest absolute Gasteiger partial charge is 0.326 e. The van der Waals surface area contributed by atoms with Gasteiger partial charge in [0.05, 0.1) is 23.0 Å². The highest BCUT2D eigenvalue weighted by molar-refractivity contribution is 7.94. The van der Waals surface area contributed by atoms with Crippen LogP contribution in [0, 0.1) is 5.82 Å². The minimum absolute atomic E-state index is 0.0508. The Labute approximate surface area is 158 Å². The Balaban J connectivity index is 1.53. The Morgan fingerprint density at radius 2 is 1.59 bits per heavy atom. The van der Waals surface area contributed by atoms with E-state index >= 15 is 0 Å². The van der Waals surface area contributed by atoms with E-state index in [-0.39, 0.29) is 17.5 Å². The van der Waals surface area contributed by atoms with E-state index in [1.54, 1.807) is 36.2 Å². The maximum atomic E-state index is 13.9. The molecule has 2 aliphatic rings. The van der Waals surface area contributed by atoms with E-state index < -0.39 is 16.0 Å². The Morgan fingerprint density at radius 1 is 1.00 bits per heavy atom. The number of rotatable bonds is 2. The zero-order valence-electron chi connectivity index (χ0n) is 14.9. The maximum Gasteiger partial charge on any atom is 0.326 e. The number of hydrogen-bond donors (Lipinski definition) is 0. The molecule has 0 unspecified atom stereocenters. The highest BCUT2D eigenvalue weighted by Crippen LogP contribution is 2.42. The second-order valence-electron chi connectivity index (χ2n) is 6.76. The number of carbonyl (C=O) groups excluding carboxylic acids is 1. The van der Waals surface area contributed by atoms with Gasteiger partial charge in [-0.1, -0.05) is 24.3 Å². The fraction of sp³-hybridized carbons (Fsp3) is 0.316. The lowest BCUT2D eigenvalue weighted by Gasteiger charge is -2.36. The molecule has 0 aromatic heterocycles. The highest BCUT2D eigenvalue weighted by Gasteiger charge is 2.43. The average molecular weight is 389 g/mol. The molecule has 27 heavy (non-hydrogen) atoms. The van der Waals surface area contributed by atoms with E-state index in [0.29, 0.717) is 37.3 Å². The van der Waals surface area contributed by atoms with Crippen molar-refractivity contribution in [1.29, 1.82) is 0 Å². The number of benzene rings is 2. The van der Waals surface area contributed by atoms with Crippen molar-refractivity contribution in [2.24, 2.45) is 0 Å². The van der Waals surface area contributed by atoms with E-state index in [9.17, 15) is 17.6 Å². The lowest BCUT2D eigenvalue weighted by atomic mass is 10.0. The number of fused-ring (bicyclic) bond motifs is 1. The molecule has 1 fully saturated rings. The van der Waals surface area contributed by atoms with Crippen molar-refractivity contribution in [3.05, 3.63) is 59.9 Å². The van der Waals surface area contributed by atoms with Gasteiger partial charge < -0.3 is 4.90 Å². The summed E-state index contributed by atoms with van der Waals surface area (Å²) < 4.78 is 42.3. The van der Waals surface area contributed by atoms with Crippen LogP contribution < -0.4 is 8.61 Å². The molecule has 0 aliphatic carbocycles. The number of amides is 1. The zero-order valence-corrected chi connectivity index (χ0v) is 15.7. The van der Waals surface area contributed by atoms with Crippen LogP contribution in [0.1, 0.15) is 23.2 Å². The zero-order chi connectivity index (χ0) is 19.2. The SMILES string of the molecule is CN1c2ccccc2N(C2CCN(C(=O)c3ccccc3F)CC2)S1(=O)=O. The number of likely N-dealkylation sites (tertiary alicyclic amines) is 1. The summed E-state index contributed by atoms with van der Waals surface area (Å²) in [5.41, 5.74) is 1.37. The molecule has 4 rings (SSSR count). The van der Waals surface area contributed by atoms with E-state index in [4.69, 9.17) is 0 Å². The summed E-state index contributed by atoms with van der Waals surface area (Å²) in [7, 11) is -2.07. The van der Waals surface area contributed by atoms with Crippen molar-refractivity contribution in [1.82, 2.24) is 4.90 Å². The fourth-order valence-electron chi connectivity index (χ4n) is 3.79. The van der Waals surface area contributed by atoms with Crippen molar-refractivity contribution < 1.29 is 17.6 Å². The van der Waals surface area contributed by atoms with E-state index in [1.165, 1.54) is 20.7 Å². The molecule has 0 spiro atoms. The molecule has 2 aromatic rings. The number of piperidine rings is 1. The fourth-order valence-corrected chi connectivity index (χ4v) is 5.45. The summed E-state index contributed by atoms with van der Waals surface area (Å²) in [5, 5.41) is 0. The number of nitrogens with zero attached hydrogens (tertiary/aromatic N) is 3. The summed E-state index contributed by atoms with van der Waals surface area (Å²) in [4.78, 5) is 14.2. The molecule has 1 saturated heterocycles. The van der Waals surface area contributed by atoms with Gasteiger partial charge in [0.25, 0.3) is 5.91 Å². The second-order valence-corrected chi connectivity index (χ2v) is 8.60. The van der Waals surface area contributed by atoms with Crippen LogP contribution in [0.15, 0.2) is 48.5 Å². The molecule has 6 nitrogen and oxygen atoms in total. The van der Waals surface area contributed by atoms with Gasteiger partial charge in [-0.25, -0.2) is 8.70 Å². The number of anilines is 2. The van der Waals surface area contributed by atoms with Gasteiger partial charge in [-0.3, -0.25) is 9.10 Å². The summed E-state index contributed by atoms with van der Waals surface area (Å²) in [5.74, 6) is -0.893. The van der Waals surface area contributed by atoms with Crippen LogP contribution in [0.3, 0.4) is 0 Å². The van der Waals surface area contributed by atoms with Crippen LogP contribution in [0.2, 0.25) is 0 Å². The molecule has 8 heteroatoms. The van der Waals surface area contributed by atoms with Gasteiger partial charge in [0.2, 0.25) is 0 Å². The third-order valence-electron chi connectivity index (χ3n) is 5.24. The molecule has 2 aliphatic heterocycles. The topological polar surface area (TPSA) is 60.9 Å². The number of halogens is 1. The normalized spacial score (nSPS) is 19.3. The van der Waals surface area contributed by atoms with E-state index in [1.807, 2.05) is 12.1 Å². The van der Waals surface area contributed by atoms with Gasteiger partial charge >= 0.3 is 10.2 Å². The quantitative estimate of drug-likeness (QED) is 0.793. The van der Waals surface area contributed by atoms with Gasteiger partial charge in [0.1, 0.15) is 5.82 Å². The first-order chi connectivity index (χ1) is 12.9. The molecular weight excluding hydrogens is 369 g/mol. The molecule has 0 N–H and O–H groups in total. The highest BCUT2D eigenvalue weighted by atomic mass is 32.2. The van der Waals surface area contributed by atoms with E-state index in [0.717, 1.165) is 0 Å². The average Bonchev–Trinajstić information content (AvgIpc) is 2.88. The van der Waals surface area contributed by atoms with Crippen molar-refractivity contribution in [3.63, 3.8) is 0 Å². The third-order valence-corrected chi connectivity index (χ3v) is 7.12. The molecule has 142 valence electrons. The van der Waals surface area contributed by atoms with Crippen LogP contribution in [0.5, 0.6) is 0 Å². The third kappa shape index (κ3) is 2.84. The van der Waals surface area contributed by atoms with Gasteiger partial charge in [-0.15, -0.1) is 0 Å². The molecular formula is C19H20FN3O3S. The number of para-hydroxylation sites is 2. The Bertz CT molecular complexity index is 987. The van der Waals surface area contributed by atoms with Crippen molar-refractivity contribution in [2.75, 3.05) is 28.7 Å². The maximum absolute atomic E-state index is 13.9. The van der Waals surface area contributed by atoms with Crippen molar-refractivity contribution in [2.45, 2.75) is 18.9 Å². The van der Waals surface area contributed by atoms with Crippen LogP contribution in [-0.2, 0) is 10.2 Å². The van der Waals surface area contributed by atoms with Crippen LogP contribution in [0.25, 0.3) is 0 Å². The van der Waals surface area contributed by atoms with Gasteiger partial charge in [0, 0.05) is 20.1 Å². The van der Waals surface area contributed by atoms with Crippen LogP contribution >= 0.6 is 0 Å². The van der Waals surface area contributed by atoms with Crippen LogP contribution in [-0.4, -0.2) is 45.4 Å². The predicted molar refractivity (Wildman–Crippen MR) is 102 cm³/mol. The lowest BCUT2D eigenvalue weighted by Crippen LogP contribution is -2.49. The Kier molecular flexibility index (Phi) is 4.30. The molecule has 0 bridgehead atoms. The standard InChI is InChI=1S/C19H20FN3O3S/c1-21-17-8-4-5-9-18(17)23(27(21,25)26)14-10-12-22(13-11-14)19(24)15-6-2-3-7-16(15)20/h2-9,14H,10-13H2,1H3. The monoisotopic (exact) mass is 389 g/mol. The first kappa shape index (κ1) is 17.8.